The van der Waals surface area contributed by atoms with Crippen LogP contribution in [0.15, 0.2) is 81.1 Å². The molecular weight excluding hydrogens is 593 g/mol. The Labute approximate surface area is 235 Å². The molecule has 0 spiro atoms. The molecule has 38 heavy (non-hydrogen) atoms. The molecule has 0 saturated carbocycles. The molecule has 1 aliphatic heterocycles. The minimum atomic E-state index is -1.09. The van der Waals surface area contributed by atoms with E-state index in [2.05, 4.69) is 26.0 Å². The van der Waals surface area contributed by atoms with Crippen molar-refractivity contribution in [2.45, 2.75) is 25.3 Å². The summed E-state index contributed by atoms with van der Waals surface area (Å²) < 4.78 is 0.838. The van der Waals surface area contributed by atoms with Crippen LogP contribution in [0.3, 0.4) is 0 Å². The zero-order valence-electron chi connectivity index (χ0n) is 19.7. The predicted octanol–water partition coefficient (Wildman–Crippen LogP) is 6.81. The first-order valence-corrected chi connectivity index (χ1v) is 13.3. The molecule has 2 heterocycles. The van der Waals surface area contributed by atoms with E-state index in [1.807, 2.05) is 48.5 Å². The summed E-state index contributed by atoms with van der Waals surface area (Å²) in [7, 11) is 0. The molecule has 0 radical (unpaired) electrons. The van der Waals surface area contributed by atoms with E-state index in [9.17, 15) is 14.4 Å². The number of nitrogens with one attached hydrogen (secondary N) is 1. The third-order valence-electron chi connectivity index (χ3n) is 6.37. The van der Waals surface area contributed by atoms with Crippen LogP contribution in [-0.4, -0.2) is 32.7 Å². The molecule has 1 aromatic heterocycles. The van der Waals surface area contributed by atoms with Gasteiger partial charge in [-0.1, -0.05) is 75.5 Å². The van der Waals surface area contributed by atoms with Gasteiger partial charge in [-0.05, 0) is 41.5 Å². The highest BCUT2D eigenvalue weighted by molar-refractivity contribution is 9.10. The number of hydrazone groups is 1. The Morgan fingerprint density at radius 3 is 2.50 bits per heavy atom. The highest BCUT2D eigenvalue weighted by Crippen LogP contribution is 2.40. The lowest BCUT2D eigenvalue weighted by Crippen LogP contribution is -2.27. The molecule has 0 fully saturated rings. The number of carboxylic acids is 1. The van der Waals surface area contributed by atoms with Crippen molar-refractivity contribution in [3.05, 3.63) is 103 Å². The Kier molecular flexibility index (Phi) is 7.38. The fourth-order valence-electron chi connectivity index (χ4n) is 4.68. The number of H-pyrrole nitrogens is 1. The number of carbonyl (C=O) groups excluding carboxylic acids is 1. The molecule has 0 bridgehead atoms. The zero-order chi connectivity index (χ0) is 27.0. The lowest BCUT2D eigenvalue weighted by atomic mass is 9.91. The van der Waals surface area contributed by atoms with Crippen molar-refractivity contribution in [2.24, 2.45) is 5.10 Å². The molecule has 5 rings (SSSR count). The molecule has 3 aromatic carbocycles. The summed E-state index contributed by atoms with van der Waals surface area (Å²) >= 11 is 16.1. The molecule has 2 N–H and O–H groups in total. The maximum atomic E-state index is 13.6. The van der Waals surface area contributed by atoms with Crippen LogP contribution in [0.2, 0.25) is 10.0 Å². The van der Waals surface area contributed by atoms with Gasteiger partial charge in [0.25, 0.3) is 5.56 Å². The van der Waals surface area contributed by atoms with E-state index in [0.717, 1.165) is 15.4 Å². The molecule has 1 aliphatic rings. The number of carboxylic acid groups (broad SMARTS) is 1. The molecular formula is C28H20BrCl2N3O4. The number of hydrogen-bond donors (Lipinski definition) is 2. The standard InChI is InChI=1S/C28H20BrCl2N3O4/c29-16-6-9-21-19(12-16)26(15-4-2-1-3-5-15)27(28(38)32-21)22-14-23(18-8-7-17(30)13-20(18)31)34(33-22)24(35)10-11-25(36)37/h1-9,12-13,23H,10-11,14H2,(H,32,38)(H,36,37). The summed E-state index contributed by atoms with van der Waals surface area (Å²) in [5, 5.41) is 16.6. The summed E-state index contributed by atoms with van der Waals surface area (Å²) in [6.45, 7) is 0. The largest absolute Gasteiger partial charge is 0.481 e. The van der Waals surface area contributed by atoms with Gasteiger partial charge in [0.1, 0.15) is 0 Å². The lowest BCUT2D eigenvalue weighted by molar-refractivity contribution is -0.141. The van der Waals surface area contributed by atoms with Gasteiger partial charge in [-0.15, -0.1) is 0 Å². The normalized spacial score (nSPS) is 15.1. The first kappa shape index (κ1) is 26.2. The van der Waals surface area contributed by atoms with E-state index < -0.39 is 17.9 Å². The van der Waals surface area contributed by atoms with Gasteiger partial charge >= 0.3 is 5.97 Å². The minimum Gasteiger partial charge on any atom is -0.481 e. The van der Waals surface area contributed by atoms with Crippen molar-refractivity contribution in [2.75, 3.05) is 0 Å². The summed E-state index contributed by atoms with van der Waals surface area (Å²) in [4.78, 5) is 40.9. The SMILES string of the molecule is O=C(O)CCC(=O)N1N=C(c2c(-c3ccccc3)c3cc(Br)ccc3[nH]c2=O)CC1c1ccc(Cl)cc1Cl. The molecule has 192 valence electrons. The van der Waals surface area contributed by atoms with E-state index in [-0.39, 0.29) is 24.8 Å². The number of amides is 1. The number of aromatic nitrogens is 1. The maximum absolute atomic E-state index is 13.6. The smallest absolute Gasteiger partial charge is 0.303 e. The van der Waals surface area contributed by atoms with Gasteiger partial charge in [0.15, 0.2) is 0 Å². The molecule has 7 nitrogen and oxygen atoms in total. The highest BCUT2D eigenvalue weighted by Gasteiger charge is 2.36. The number of rotatable bonds is 6. The van der Waals surface area contributed by atoms with Crippen molar-refractivity contribution in [1.82, 2.24) is 9.99 Å². The van der Waals surface area contributed by atoms with Gasteiger partial charge in [-0.2, -0.15) is 5.10 Å². The van der Waals surface area contributed by atoms with Gasteiger partial charge in [-0.25, -0.2) is 5.01 Å². The number of aliphatic carboxylic acids is 1. The third-order valence-corrected chi connectivity index (χ3v) is 7.42. The Balaban J connectivity index is 1.71. The van der Waals surface area contributed by atoms with E-state index in [1.54, 1.807) is 18.2 Å². The van der Waals surface area contributed by atoms with Crippen LogP contribution in [0, 0.1) is 0 Å². The second-order valence-electron chi connectivity index (χ2n) is 8.82. The number of benzene rings is 3. The van der Waals surface area contributed by atoms with E-state index >= 15 is 0 Å². The van der Waals surface area contributed by atoms with Crippen LogP contribution in [-0.2, 0) is 9.59 Å². The van der Waals surface area contributed by atoms with Crippen molar-refractivity contribution in [1.29, 1.82) is 0 Å². The van der Waals surface area contributed by atoms with E-state index in [1.165, 1.54) is 5.01 Å². The quantitative estimate of drug-likeness (QED) is 0.250. The Hall–Kier alpha value is -3.46. The fraction of sp³-hybridized carbons (Fsp3) is 0.143. The molecule has 10 heteroatoms. The van der Waals surface area contributed by atoms with Gasteiger partial charge < -0.3 is 10.1 Å². The molecule has 0 saturated heterocycles. The molecule has 1 amide bonds. The number of fused-ring (bicyclic) bond motifs is 1. The fourth-order valence-corrected chi connectivity index (χ4v) is 5.57. The van der Waals surface area contributed by atoms with Crippen LogP contribution >= 0.6 is 39.1 Å². The number of aromatic amines is 1. The number of hydrogen-bond acceptors (Lipinski definition) is 4. The molecule has 1 unspecified atom stereocenters. The monoisotopic (exact) mass is 611 g/mol. The van der Waals surface area contributed by atoms with Crippen LogP contribution in [0.25, 0.3) is 22.0 Å². The number of carbonyl (C=O) groups is 2. The summed E-state index contributed by atoms with van der Waals surface area (Å²) in [6, 6.07) is 19.4. The van der Waals surface area contributed by atoms with Crippen molar-refractivity contribution < 1.29 is 14.7 Å². The Morgan fingerprint density at radius 2 is 1.79 bits per heavy atom. The number of halogens is 3. The summed E-state index contributed by atoms with van der Waals surface area (Å²) in [6.07, 6.45) is -0.399. The molecule has 0 aliphatic carbocycles. The number of nitrogens with zero attached hydrogens (tertiary/aromatic N) is 2. The van der Waals surface area contributed by atoms with E-state index in [0.29, 0.717) is 38.0 Å². The summed E-state index contributed by atoms with van der Waals surface area (Å²) in [5.74, 6) is -1.58. The van der Waals surface area contributed by atoms with Gasteiger partial charge in [-0.3, -0.25) is 14.4 Å². The van der Waals surface area contributed by atoms with Crippen LogP contribution < -0.4 is 5.56 Å². The maximum Gasteiger partial charge on any atom is 0.303 e. The minimum absolute atomic E-state index is 0.197. The molecule has 4 aromatic rings. The Bertz CT molecular complexity index is 1670. The lowest BCUT2D eigenvalue weighted by Gasteiger charge is -2.23. The highest BCUT2D eigenvalue weighted by atomic mass is 79.9. The zero-order valence-corrected chi connectivity index (χ0v) is 22.8. The first-order chi connectivity index (χ1) is 18.2. The van der Waals surface area contributed by atoms with Crippen LogP contribution in [0.4, 0.5) is 0 Å². The van der Waals surface area contributed by atoms with Gasteiger partial charge in [0.05, 0.1) is 23.7 Å². The number of pyridine rings is 1. The van der Waals surface area contributed by atoms with Crippen molar-refractivity contribution >= 4 is 67.6 Å². The van der Waals surface area contributed by atoms with Gasteiger partial charge in [0, 0.05) is 43.8 Å². The first-order valence-electron chi connectivity index (χ1n) is 11.7. The van der Waals surface area contributed by atoms with Gasteiger partial charge in [0.2, 0.25) is 5.91 Å². The molecule has 1 atom stereocenters. The Morgan fingerprint density at radius 1 is 1.03 bits per heavy atom. The summed E-state index contributed by atoms with van der Waals surface area (Å²) in [5.41, 5.74) is 3.14. The average Bonchev–Trinajstić information content (AvgIpc) is 3.32. The topological polar surface area (TPSA) is 103 Å². The third kappa shape index (κ3) is 5.12. The van der Waals surface area contributed by atoms with Crippen LogP contribution in [0.1, 0.15) is 36.4 Å². The second-order valence-corrected chi connectivity index (χ2v) is 10.6. The predicted molar refractivity (Wildman–Crippen MR) is 152 cm³/mol. The van der Waals surface area contributed by atoms with Crippen molar-refractivity contribution in [3.8, 4) is 11.1 Å². The average molecular weight is 613 g/mol. The van der Waals surface area contributed by atoms with Crippen LogP contribution in [0.5, 0.6) is 0 Å². The second kappa shape index (κ2) is 10.7. The van der Waals surface area contributed by atoms with Crippen molar-refractivity contribution in [3.63, 3.8) is 0 Å². The van der Waals surface area contributed by atoms with E-state index in [4.69, 9.17) is 28.3 Å².